The summed E-state index contributed by atoms with van der Waals surface area (Å²) >= 11 is 0. The maximum atomic E-state index is 13.5. The van der Waals surface area contributed by atoms with Crippen LogP contribution in [0.15, 0.2) is 36.5 Å². The number of hydrogen-bond donors (Lipinski definition) is 2. The third-order valence-electron chi connectivity index (χ3n) is 6.96. The number of amides is 2. The lowest BCUT2D eigenvalue weighted by molar-refractivity contribution is -0.134. The number of hydrogen-bond acceptors (Lipinski definition) is 7. The molecule has 14 heteroatoms. The number of carbonyl (C=O) groups is 2. The monoisotopic (exact) mass is 572 g/mol. The Labute approximate surface area is 227 Å². The van der Waals surface area contributed by atoms with Crippen LogP contribution in [-0.2, 0) is 39.4 Å². The van der Waals surface area contributed by atoms with E-state index in [1.54, 1.807) is 18.2 Å². The Balaban J connectivity index is 1.53. The van der Waals surface area contributed by atoms with Gasteiger partial charge in [0.2, 0.25) is 5.91 Å². The Morgan fingerprint density at radius 3 is 2.70 bits per heavy atom. The molecule has 10 nitrogen and oxygen atoms in total. The van der Waals surface area contributed by atoms with Crippen molar-refractivity contribution in [1.82, 2.24) is 20.1 Å². The third kappa shape index (κ3) is 5.42. The fraction of sp³-hybridized carbons (Fsp3) is 0.346. The third-order valence-corrected chi connectivity index (χ3v) is 7.74. The fourth-order valence-electron chi connectivity index (χ4n) is 5.26. The molecule has 2 amide bonds. The van der Waals surface area contributed by atoms with Gasteiger partial charge in [-0.25, -0.2) is 13.4 Å². The normalized spacial score (nSPS) is 18.1. The number of benzene rings is 1. The molecule has 0 saturated carbocycles. The summed E-state index contributed by atoms with van der Waals surface area (Å²) < 4.78 is 62.7. The molecule has 40 heavy (non-hydrogen) atoms. The number of fused-ring (bicyclic) bond motifs is 3. The van der Waals surface area contributed by atoms with E-state index >= 15 is 0 Å². The summed E-state index contributed by atoms with van der Waals surface area (Å²) in [5.41, 5.74) is 2.00. The number of nitriles is 1. The molecule has 0 fully saturated rings. The van der Waals surface area contributed by atoms with Crippen molar-refractivity contribution in [2.45, 2.75) is 43.8 Å². The lowest BCUT2D eigenvalue weighted by Gasteiger charge is -2.35. The van der Waals surface area contributed by atoms with Gasteiger partial charge in [0.15, 0.2) is 21.5 Å². The van der Waals surface area contributed by atoms with Crippen LogP contribution in [0.25, 0.3) is 5.82 Å². The highest BCUT2D eigenvalue weighted by Crippen LogP contribution is 2.44. The smallest absolute Gasteiger partial charge is 0.342 e. The molecule has 1 spiro atoms. The van der Waals surface area contributed by atoms with Gasteiger partial charge in [-0.1, -0.05) is 18.2 Å². The minimum Gasteiger partial charge on any atom is -0.342 e. The van der Waals surface area contributed by atoms with Gasteiger partial charge in [-0.15, -0.1) is 0 Å². The van der Waals surface area contributed by atoms with Gasteiger partial charge < -0.3 is 10.6 Å². The van der Waals surface area contributed by atoms with E-state index in [-0.39, 0.29) is 35.6 Å². The van der Waals surface area contributed by atoms with Crippen LogP contribution in [0, 0.1) is 11.3 Å². The largest absolute Gasteiger partial charge is 0.389 e. The summed E-state index contributed by atoms with van der Waals surface area (Å²) in [6, 6.07) is 10.0. The first kappa shape index (κ1) is 27.3. The molecule has 2 aliphatic rings. The predicted octanol–water partition coefficient (Wildman–Crippen LogP) is 2.74. The van der Waals surface area contributed by atoms with Crippen LogP contribution < -0.4 is 10.6 Å². The molecule has 208 valence electrons. The molecule has 3 heterocycles. The van der Waals surface area contributed by atoms with Crippen LogP contribution >= 0.6 is 0 Å². The van der Waals surface area contributed by atoms with Crippen LogP contribution in [0.3, 0.4) is 0 Å². The summed E-state index contributed by atoms with van der Waals surface area (Å²) in [4.78, 5) is 30.3. The Morgan fingerprint density at radius 2 is 2.05 bits per heavy atom. The summed E-state index contributed by atoms with van der Waals surface area (Å²) in [7, 11) is -3.67. The molecule has 0 bridgehead atoms. The summed E-state index contributed by atoms with van der Waals surface area (Å²) in [5, 5.41) is 19.2. The highest BCUT2D eigenvalue weighted by Gasteiger charge is 2.47. The highest BCUT2D eigenvalue weighted by atomic mass is 32.2. The molecule has 0 radical (unpaired) electrons. The van der Waals surface area contributed by atoms with Crippen molar-refractivity contribution >= 4 is 27.5 Å². The van der Waals surface area contributed by atoms with E-state index in [1.165, 1.54) is 23.0 Å². The highest BCUT2D eigenvalue weighted by molar-refractivity contribution is 7.91. The van der Waals surface area contributed by atoms with Gasteiger partial charge in [0, 0.05) is 25.3 Å². The van der Waals surface area contributed by atoms with Gasteiger partial charge in [-0.05, 0) is 48.1 Å². The minimum atomic E-state index is -4.26. The Morgan fingerprint density at radius 1 is 1.27 bits per heavy atom. The molecule has 1 aliphatic heterocycles. The lowest BCUT2D eigenvalue weighted by Crippen LogP contribution is -2.50. The van der Waals surface area contributed by atoms with Gasteiger partial charge in [-0.3, -0.25) is 9.59 Å². The second kappa shape index (κ2) is 9.74. The predicted molar refractivity (Wildman–Crippen MR) is 136 cm³/mol. The lowest BCUT2D eigenvalue weighted by atomic mass is 9.82. The number of anilines is 1. The molecule has 3 aromatic rings. The van der Waals surface area contributed by atoms with E-state index in [0.29, 0.717) is 24.1 Å². The van der Waals surface area contributed by atoms with E-state index < -0.39 is 45.5 Å². The van der Waals surface area contributed by atoms with Crippen molar-refractivity contribution in [3.8, 4) is 11.9 Å². The van der Waals surface area contributed by atoms with E-state index in [2.05, 4.69) is 20.7 Å². The number of aryl methyl sites for hydroxylation is 2. The SMILES string of the molecule is CS(=O)(=O)CC(=O)Nc1c2c(nn1-c1ccc(C#N)cn1)C[C@]1(CCc3cc(CCC(F)(F)F)ccc31)NC2=O. The van der Waals surface area contributed by atoms with Gasteiger partial charge in [-0.2, -0.15) is 28.2 Å². The van der Waals surface area contributed by atoms with Crippen molar-refractivity contribution in [2.24, 2.45) is 0 Å². The standard InChI is InChI=1S/C26H23F3N6O4S/c1-40(38,39)14-21(36)32-23-22-19(34-35(23)20-5-3-16(12-30)13-31-20)11-25(33-24(22)37)8-7-17-10-15(2-4-18(17)25)6-9-26(27,28)29/h2-5,10,13H,6-9,11,14H2,1H3,(H,32,36)(H,33,37)/t25-/m0/s1. The molecule has 1 aromatic carbocycles. The molecule has 1 atom stereocenters. The quantitative estimate of drug-likeness (QED) is 0.462. The number of halogens is 3. The van der Waals surface area contributed by atoms with Crippen molar-refractivity contribution in [3.05, 3.63) is 70.0 Å². The molecule has 1 aliphatic carbocycles. The number of rotatable bonds is 6. The van der Waals surface area contributed by atoms with Gasteiger partial charge >= 0.3 is 6.18 Å². The molecule has 0 unspecified atom stereocenters. The van der Waals surface area contributed by atoms with Crippen LogP contribution in [0.4, 0.5) is 19.0 Å². The zero-order valence-electron chi connectivity index (χ0n) is 21.2. The Kier molecular flexibility index (Phi) is 6.65. The van der Waals surface area contributed by atoms with E-state index in [4.69, 9.17) is 5.26 Å². The average Bonchev–Trinajstić information content (AvgIpc) is 3.39. The van der Waals surface area contributed by atoms with Gasteiger partial charge in [0.1, 0.15) is 17.4 Å². The van der Waals surface area contributed by atoms with E-state index in [0.717, 1.165) is 17.4 Å². The Hall–Kier alpha value is -4.25. The van der Waals surface area contributed by atoms with Crippen LogP contribution in [0.5, 0.6) is 0 Å². The van der Waals surface area contributed by atoms with Crippen molar-refractivity contribution in [3.63, 3.8) is 0 Å². The number of sulfone groups is 1. The van der Waals surface area contributed by atoms with Gasteiger partial charge in [0.05, 0.1) is 16.8 Å². The van der Waals surface area contributed by atoms with Crippen LogP contribution in [-0.4, -0.2) is 53.2 Å². The number of nitrogens with one attached hydrogen (secondary N) is 2. The van der Waals surface area contributed by atoms with Crippen molar-refractivity contribution < 1.29 is 31.2 Å². The Bertz CT molecular complexity index is 1680. The summed E-state index contributed by atoms with van der Waals surface area (Å²) in [6.45, 7) is 0. The topological polar surface area (TPSA) is 147 Å². The first-order chi connectivity index (χ1) is 18.8. The van der Waals surface area contributed by atoms with Crippen molar-refractivity contribution in [1.29, 1.82) is 5.26 Å². The maximum Gasteiger partial charge on any atom is 0.389 e. The molecular formula is C26H23F3N6O4S. The van der Waals surface area contributed by atoms with Gasteiger partial charge in [0.25, 0.3) is 5.91 Å². The molecule has 5 rings (SSSR count). The minimum absolute atomic E-state index is 0.0499. The summed E-state index contributed by atoms with van der Waals surface area (Å²) in [6.07, 6.45) is -1.86. The maximum absolute atomic E-state index is 13.5. The fourth-order valence-corrected chi connectivity index (χ4v) is 5.81. The van der Waals surface area contributed by atoms with Crippen LogP contribution in [0.1, 0.15) is 51.1 Å². The number of aromatic nitrogens is 3. The summed E-state index contributed by atoms with van der Waals surface area (Å²) in [5.74, 6) is -2.11. The van der Waals surface area contributed by atoms with E-state index in [1.807, 2.05) is 6.07 Å². The van der Waals surface area contributed by atoms with Crippen molar-refractivity contribution in [2.75, 3.05) is 17.3 Å². The zero-order chi connectivity index (χ0) is 28.9. The average molecular weight is 573 g/mol. The first-order valence-electron chi connectivity index (χ1n) is 12.2. The van der Waals surface area contributed by atoms with E-state index in [9.17, 15) is 31.2 Å². The number of alkyl halides is 3. The molecule has 2 N–H and O–H groups in total. The number of carbonyl (C=O) groups excluding carboxylic acids is 2. The number of nitrogens with zero attached hydrogens (tertiary/aromatic N) is 4. The molecular weight excluding hydrogens is 549 g/mol. The molecule has 0 saturated heterocycles. The molecule has 2 aromatic heterocycles. The van der Waals surface area contributed by atoms with Crippen LogP contribution in [0.2, 0.25) is 0 Å². The number of pyridine rings is 1. The zero-order valence-corrected chi connectivity index (χ0v) is 22.0. The first-order valence-corrected chi connectivity index (χ1v) is 14.3. The second-order valence-corrected chi connectivity index (χ2v) is 12.2. The second-order valence-electron chi connectivity index (χ2n) is 10.0.